The Morgan fingerprint density at radius 2 is 1.38 bits per heavy atom. The molecule has 0 atom stereocenters. The molecule has 6 heteroatoms. The lowest BCUT2D eigenvalue weighted by Gasteiger charge is -2.18. The van der Waals surface area contributed by atoms with Crippen LogP contribution in [0.3, 0.4) is 0 Å². The summed E-state index contributed by atoms with van der Waals surface area (Å²) in [4.78, 5) is 10.3. The first-order valence-corrected chi connectivity index (χ1v) is 5.50. The third-order valence-corrected chi connectivity index (χ3v) is 2.31. The molecule has 1 heterocycles. The van der Waals surface area contributed by atoms with E-state index >= 15 is 0 Å². The minimum Gasteiger partial charge on any atom is -0.395 e. The zero-order valence-electron chi connectivity index (χ0n) is 9.34. The highest BCUT2D eigenvalue weighted by Gasteiger charge is 2.24. The fourth-order valence-electron chi connectivity index (χ4n) is 1.69. The van der Waals surface area contributed by atoms with Gasteiger partial charge >= 0.3 is 0 Å². The third-order valence-electron chi connectivity index (χ3n) is 2.31. The molecular weight excluding hydrogens is 210 g/mol. The van der Waals surface area contributed by atoms with E-state index in [-0.39, 0.29) is 19.8 Å². The highest BCUT2D eigenvalue weighted by Crippen LogP contribution is 2.14. The summed E-state index contributed by atoms with van der Waals surface area (Å²) < 4.78 is 0. The van der Waals surface area contributed by atoms with Crippen molar-refractivity contribution in [3.05, 3.63) is 0 Å². The van der Waals surface area contributed by atoms with Gasteiger partial charge in [0.2, 0.25) is 0 Å². The van der Waals surface area contributed by atoms with Gasteiger partial charge in [0, 0.05) is 19.4 Å². The number of rotatable bonds is 6. The van der Waals surface area contributed by atoms with Crippen molar-refractivity contribution in [1.29, 1.82) is 0 Å². The highest BCUT2D eigenvalue weighted by atomic mass is 16.3. The second-order valence-electron chi connectivity index (χ2n) is 3.42. The van der Waals surface area contributed by atoms with E-state index in [1.807, 2.05) is 4.90 Å². The quantitative estimate of drug-likeness (QED) is 0.537. The van der Waals surface area contributed by atoms with Crippen LogP contribution in [0.4, 0.5) is 0 Å². The van der Waals surface area contributed by atoms with Crippen LogP contribution in [0, 0.1) is 0 Å². The first-order valence-electron chi connectivity index (χ1n) is 5.50. The van der Waals surface area contributed by atoms with E-state index in [1.54, 1.807) is 0 Å². The number of amidine groups is 2. The zero-order chi connectivity index (χ0) is 11.8. The summed E-state index contributed by atoms with van der Waals surface area (Å²) in [6.45, 7) is 1.32. The van der Waals surface area contributed by atoms with Crippen LogP contribution in [0.5, 0.6) is 0 Å². The Kier molecular flexibility index (Phi) is 5.99. The predicted octanol–water partition coefficient (Wildman–Crippen LogP) is -1.14. The van der Waals surface area contributed by atoms with Crippen LogP contribution in [0.25, 0.3) is 0 Å². The fraction of sp³-hybridized carbons (Fsp3) is 0.800. The lowest BCUT2D eigenvalue weighted by molar-refractivity contribution is 0.276. The largest absolute Gasteiger partial charge is 0.395 e. The smallest absolute Gasteiger partial charge is 0.105 e. The van der Waals surface area contributed by atoms with Crippen molar-refractivity contribution in [2.24, 2.45) is 9.98 Å². The number of aliphatic imine (C=N–C) groups is 2. The molecule has 0 spiro atoms. The molecule has 16 heavy (non-hydrogen) atoms. The van der Waals surface area contributed by atoms with Gasteiger partial charge in [-0.2, -0.15) is 0 Å². The molecule has 0 radical (unpaired) electrons. The molecule has 0 saturated carbocycles. The van der Waals surface area contributed by atoms with Gasteiger partial charge in [-0.1, -0.05) is 0 Å². The summed E-state index contributed by atoms with van der Waals surface area (Å²) in [5, 5.41) is 26.4. The van der Waals surface area contributed by atoms with Crippen molar-refractivity contribution < 1.29 is 15.3 Å². The summed E-state index contributed by atoms with van der Waals surface area (Å²) in [7, 11) is 0. The van der Waals surface area contributed by atoms with Crippen molar-refractivity contribution >= 4 is 11.7 Å². The van der Waals surface area contributed by atoms with Crippen molar-refractivity contribution in [2.45, 2.75) is 12.8 Å². The summed E-state index contributed by atoms with van der Waals surface area (Å²) in [5.41, 5.74) is 0. The number of hydrogen-bond donors (Lipinski definition) is 3. The van der Waals surface area contributed by atoms with Gasteiger partial charge in [-0.3, -0.25) is 9.98 Å². The normalized spacial score (nSPS) is 21.3. The van der Waals surface area contributed by atoms with Crippen LogP contribution in [0.1, 0.15) is 12.8 Å². The Labute approximate surface area is 95.0 Å². The molecule has 0 aromatic rings. The minimum absolute atomic E-state index is 0.0274. The summed E-state index contributed by atoms with van der Waals surface area (Å²) >= 11 is 0. The predicted molar refractivity (Wildman–Crippen MR) is 61.8 cm³/mol. The van der Waals surface area contributed by atoms with E-state index in [4.69, 9.17) is 15.3 Å². The molecule has 0 bridgehead atoms. The summed E-state index contributed by atoms with van der Waals surface area (Å²) in [5.74, 6) is 1.72. The lowest BCUT2D eigenvalue weighted by Crippen LogP contribution is -2.32. The number of aliphatic hydroxyl groups excluding tert-OH is 3. The van der Waals surface area contributed by atoms with E-state index < -0.39 is 0 Å². The van der Waals surface area contributed by atoms with Crippen molar-refractivity contribution in [3.8, 4) is 0 Å². The number of β-amino-alcohol motifs (C(OH)–C–C–N with tert-alkyl or cyclic N) is 1. The third kappa shape index (κ3) is 3.55. The Morgan fingerprint density at radius 1 is 0.875 bits per heavy atom. The van der Waals surface area contributed by atoms with Crippen molar-refractivity contribution in [1.82, 2.24) is 4.90 Å². The molecule has 0 aliphatic carbocycles. The first kappa shape index (κ1) is 13.1. The zero-order valence-corrected chi connectivity index (χ0v) is 9.34. The van der Waals surface area contributed by atoms with Gasteiger partial charge in [0.15, 0.2) is 0 Å². The Balaban J connectivity index is 2.68. The molecule has 1 aliphatic heterocycles. The second-order valence-corrected chi connectivity index (χ2v) is 3.42. The average molecular weight is 229 g/mol. The van der Waals surface area contributed by atoms with Crippen LogP contribution in [-0.2, 0) is 0 Å². The van der Waals surface area contributed by atoms with Gasteiger partial charge in [-0.25, -0.2) is 0 Å². The number of likely N-dealkylation sites (tertiary alicyclic amines) is 1. The Bertz CT molecular complexity index is 242. The van der Waals surface area contributed by atoms with E-state index in [1.165, 1.54) is 0 Å². The molecular formula is C10H19N3O3. The van der Waals surface area contributed by atoms with Gasteiger partial charge < -0.3 is 20.2 Å². The van der Waals surface area contributed by atoms with E-state index in [0.717, 1.165) is 24.5 Å². The molecule has 1 aliphatic rings. The number of nitrogens with zero attached hydrogens (tertiary/aromatic N) is 3. The molecule has 0 unspecified atom stereocenters. The van der Waals surface area contributed by atoms with Gasteiger partial charge in [-0.05, 0) is 0 Å². The molecule has 0 aromatic heterocycles. The molecule has 0 amide bonds. The molecule has 6 nitrogen and oxygen atoms in total. The van der Waals surface area contributed by atoms with Crippen LogP contribution < -0.4 is 0 Å². The monoisotopic (exact) mass is 229 g/mol. The second kappa shape index (κ2) is 7.32. The Morgan fingerprint density at radius 3 is 1.75 bits per heavy atom. The fourth-order valence-corrected chi connectivity index (χ4v) is 1.69. The van der Waals surface area contributed by atoms with Crippen LogP contribution in [-0.4, -0.2) is 71.3 Å². The molecule has 92 valence electrons. The van der Waals surface area contributed by atoms with E-state index in [9.17, 15) is 0 Å². The summed E-state index contributed by atoms with van der Waals surface area (Å²) in [6.07, 6.45) is 1.56. The molecule has 1 saturated heterocycles. The minimum atomic E-state index is 0.0274. The molecule has 0 aromatic carbocycles. The highest BCUT2D eigenvalue weighted by molar-refractivity contribution is 6.07. The van der Waals surface area contributed by atoms with Crippen LogP contribution in [0.2, 0.25) is 0 Å². The average Bonchev–Trinajstić information content (AvgIpc) is 2.67. The van der Waals surface area contributed by atoms with Crippen LogP contribution >= 0.6 is 0 Å². The molecule has 1 rings (SSSR count). The van der Waals surface area contributed by atoms with Gasteiger partial charge in [0.1, 0.15) is 11.7 Å². The van der Waals surface area contributed by atoms with Gasteiger partial charge in [0.05, 0.1) is 32.9 Å². The lowest BCUT2D eigenvalue weighted by atomic mass is 10.3. The van der Waals surface area contributed by atoms with Crippen LogP contribution in [0.15, 0.2) is 9.98 Å². The molecule has 3 N–H and O–H groups in total. The maximum absolute atomic E-state index is 8.96. The number of aliphatic hydroxyl groups is 3. The standard InChI is InChI=1S/C10H19N3O3/c14-6-3-11-9-1-2-10(12-4-7-15)13(9)5-8-16/h14-16H,1-8H2. The Hall–Kier alpha value is -0.980. The summed E-state index contributed by atoms with van der Waals surface area (Å²) in [6, 6.07) is 0. The van der Waals surface area contributed by atoms with Crippen molar-refractivity contribution in [3.63, 3.8) is 0 Å². The first-order chi connectivity index (χ1) is 7.83. The molecule has 1 fully saturated rings. The van der Waals surface area contributed by atoms with E-state index in [0.29, 0.717) is 19.6 Å². The van der Waals surface area contributed by atoms with Crippen molar-refractivity contribution in [2.75, 3.05) is 39.5 Å². The van der Waals surface area contributed by atoms with Gasteiger partial charge in [-0.15, -0.1) is 0 Å². The van der Waals surface area contributed by atoms with E-state index in [2.05, 4.69) is 9.98 Å². The maximum atomic E-state index is 8.96. The topological polar surface area (TPSA) is 88.7 Å². The van der Waals surface area contributed by atoms with Gasteiger partial charge in [0.25, 0.3) is 0 Å². The number of hydrogen-bond acceptors (Lipinski definition) is 5. The SMILES string of the molecule is OCCN=C1CCC(=NCCO)N1CCO. The maximum Gasteiger partial charge on any atom is 0.105 e.